The first-order valence-electron chi connectivity index (χ1n) is 22.5. The summed E-state index contributed by atoms with van der Waals surface area (Å²) in [6.07, 6.45) is 0. The van der Waals surface area contributed by atoms with E-state index in [-0.39, 0.29) is 0 Å². The Morgan fingerprint density at radius 3 is 1.69 bits per heavy atom. The van der Waals surface area contributed by atoms with Gasteiger partial charge in [0.25, 0.3) is 0 Å². The number of hydrogen-bond acceptors (Lipinski definition) is 1. The summed E-state index contributed by atoms with van der Waals surface area (Å²) in [4.78, 5) is 0. The first-order chi connectivity index (χ1) is 32.2. The van der Waals surface area contributed by atoms with Crippen LogP contribution in [0.2, 0.25) is 0 Å². The van der Waals surface area contributed by atoms with Crippen molar-refractivity contribution < 1.29 is 0 Å². The molecule has 1 N–H and O–H groups in total. The lowest BCUT2D eigenvalue weighted by molar-refractivity contribution is 0.769. The van der Waals surface area contributed by atoms with Crippen LogP contribution in [0.25, 0.3) is 82.4 Å². The van der Waals surface area contributed by atoms with Gasteiger partial charge in [-0.05, 0) is 132 Å². The molecule has 0 bridgehead atoms. The van der Waals surface area contributed by atoms with Gasteiger partial charge in [-0.2, -0.15) is 0 Å². The highest BCUT2D eigenvalue weighted by Gasteiger charge is 2.46. The van der Waals surface area contributed by atoms with Gasteiger partial charge < -0.3 is 9.88 Å². The molecule has 1 aliphatic rings. The molecule has 0 aliphatic heterocycles. The Bertz CT molecular complexity index is 3760. The summed E-state index contributed by atoms with van der Waals surface area (Å²) in [5, 5.41) is 11.1. The number of nitrogens with one attached hydrogen (secondary N) is 1. The number of rotatable bonds is 7. The summed E-state index contributed by atoms with van der Waals surface area (Å²) in [6, 6.07) is 91.6. The van der Waals surface area contributed by atoms with Gasteiger partial charge in [-0.1, -0.05) is 188 Å². The van der Waals surface area contributed by atoms with Gasteiger partial charge in [0.15, 0.2) is 0 Å². The third-order valence-electron chi connectivity index (χ3n) is 13.8. The zero-order valence-electron chi connectivity index (χ0n) is 35.6. The van der Waals surface area contributed by atoms with E-state index >= 15 is 0 Å². The van der Waals surface area contributed by atoms with Crippen LogP contribution in [0.5, 0.6) is 0 Å². The molecular weight excluding hydrogens is 785 g/mol. The maximum Gasteiger partial charge on any atom is 0.0714 e. The molecule has 1 aliphatic carbocycles. The summed E-state index contributed by atoms with van der Waals surface area (Å²) in [5.74, 6) is 0. The van der Waals surface area contributed by atoms with E-state index in [1.54, 1.807) is 0 Å². The summed E-state index contributed by atoms with van der Waals surface area (Å²) in [6.45, 7) is 0. The van der Waals surface area contributed by atoms with E-state index in [9.17, 15) is 0 Å². The number of para-hydroxylation sites is 1. The second-order valence-electron chi connectivity index (χ2n) is 17.4. The normalized spacial score (nSPS) is 12.7. The lowest BCUT2D eigenvalue weighted by Gasteiger charge is -2.34. The van der Waals surface area contributed by atoms with Crippen molar-refractivity contribution in [2.45, 2.75) is 5.41 Å². The minimum Gasteiger partial charge on any atom is -0.355 e. The van der Waals surface area contributed by atoms with Crippen molar-refractivity contribution in [3.8, 4) is 39.1 Å². The summed E-state index contributed by atoms with van der Waals surface area (Å²) < 4.78 is 2.50. The van der Waals surface area contributed by atoms with Crippen LogP contribution in [0.3, 0.4) is 0 Å². The number of hydrogen-bond donors (Lipinski definition) is 1. The number of fused-ring (bicyclic) bond motifs is 8. The average molecular weight is 827 g/mol. The number of anilines is 2. The first kappa shape index (κ1) is 37.1. The van der Waals surface area contributed by atoms with Gasteiger partial charge in [0.2, 0.25) is 0 Å². The van der Waals surface area contributed by atoms with Crippen LogP contribution >= 0.6 is 0 Å². The smallest absolute Gasteiger partial charge is 0.0714 e. The van der Waals surface area contributed by atoms with Crippen LogP contribution in [0.1, 0.15) is 22.3 Å². The molecule has 0 radical (unpaired) electrons. The van der Waals surface area contributed by atoms with Crippen molar-refractivity contribution in [1.29, 1.82) is 0 Å². The fraction of sp³-hybridized carbons (Fsp3) is 0.0159. The highest BCUT2D eigenvalue weighted by atomic mass is 15.0. The van der Waals surface area contributed by atoms with E-state index in [1.165, 1.54) is 87.9 Å². The largest absolute Gasteiger partial charge is 0.355 e. The molecule has 0 atom stereocenters. The summed E-state index contributed by atoms with van der Waals surface area (Å²) >= 11 is 0. The average Bonchev–Trinajstić information content (AvgIpc) is 3.85. The minimum absolute atomic E-state index is 0.502. The second-order valence-corrected chi connectivity index (χ2v) is 17.4. The molecule has 13 rings (SSSR count). The monoisotopic (exact) mass is 826 g/mol. The standard InChI is InChI=1S/C63H42N2/c1-3-22-49(23-4-1)63(50-24-5-2-6-25-50)58-28-13-11-27-54(58)55-40-57-56-39-47(32-35-61(56)65(62(57)41-59(55)63)52-34-31-43-17-8-10-19-46(43)38-52)44-20-15-21-48(36-44)53-26-12-14-29-60(53)64-51-33-30-42-16-7-9-18-45(42)37-51/h1-41,64H. The molecule has 0 saturated heterocycles. The molecule has 304 valence electrons. The molecule has 0 unspecified atom stereocenters. The summed E-state index contributed by atoms with van der Waals surface area (Å²) in [5.41, 5.74) is 17.6. The van der Waals surface area contributed by atoms with Crippen LogP contribution in [0.4, 0.5) is 11.4 Å². The lowest BCUT2D eigenvalue weighted by atomic mass is 9.67. The van der Waals surface area contributed by atoms with Gasteiger partial charge in [-0.3, -0.25) is 0 Å². The van der Waals surface area contributed by atoms with E-state index < -0.39 is 5.41 Å². The predicted octanol–water partition coefficient (Wildman–Crippen LogP) is 16.5. The highest BCUT2D eigenvalue weighted by molar-refractivity contribution is 6.13. The minimum atomic E-state index is -0.502. The topological polar surface area (TPSA) is 17.0 Å². The number of benzene rings is 11. The van der Waals surface area contributed by atoms with E-state index in [1.807, 2.05) is 0 Å². The zero-order chi connectivity index (χ0) is 42.9. The molecule has 12 aromatic rings. The Hall–Kier alpha value is -8.46. The fourth-order valence-corrected chi connectivity index (χ4v) is 10.9. The van der Waals surface area contributed by atoms with Crippen molar-refractivity contribution in [3.05, 3.63) is 271 Å². The van der Waals surface area contributed by atoms with E-state index in [2.05, 4.69) is 259 Å². The Morgan fingerprint density at radius 2 is 0.923 bits per heavy atom. The Balaban J connectivity index is 1.02. The van der Waals surface area contributed by atoms with Crippen molar-refractivity contribution in [1.82, 2.24) is 4.57 Å². The molecule has 0 saturated carbocycles. The Morgan fingerprint density at radius 1 is 0.323 bits per heavy atom. The van der Waals surface area contributed by atoms with Crippen LogP contribution in [0.15, 0.2) is 249 Å². The van der Waals surface area contributed by atoms with Gasteiger partial charge >= 0.3 is 0 Å². The van der Waals surface area contributed by atoms with Gasteiger partial charge in [0.05, 0.1) is 16.4 Å². The molecule has 2 nitrogen and oxygen atoms in total. The molecule has 11 aromatic carbocycles. The van der Waals surface area contributed by atoms with Gasteiger partial charge in [0.1, 0.15) is 0 Å². The SMILES string of the molecule is c1ccc(C2(c3ccccc3)c3ccccc3-c3cc4c5cc(-c6cccc(-c7ccccc7Nc7ccc8ccccc8c7)c6)ccc5n(-c5ccc6ccccc6c5)c4cc32)cc1. The van der Waals surface area contributed by atoms with E-state index in [0.717, 1.165) is 28.2 Å². The zero-order valence-corrected chi connectivity index (χ0v) is 35.6. The van der Waals surface area contributed by atoms with Crippen LogP contribution in [0, 0.1) is 0 Å². The fourth-order valence-electron chi connectivity index (χ4n) is 10.9. The van der Waals surface area contributed by atoms with Crippen molar-refractivity contribution in [2.24, 2.45) is 0 Å². The van der Waals surface area contributed by atoms with Crippen LogP contribution in [-0.4, -0.2) is 4.57 Å². The predicted molar refractivity (Wildman–Crippen MR) is 274 cm³/mol. The van der Waals surface area contributed by atoms with E-state index in [4.69, 9.17) is 0 Å². The lowest BCUT2D eigenvalue weighted by Crippen LogP contribution is -2.28. The highest BCUT2D eigenvalue weighted by Crippen LogP contribution is 2.57. The summed E-state index contributed by atoms with van der Waals surface area (Å²) in [7, 11) is 0. The maximum absolute atomic E-state index is 3.75. The molecule has 1 heterocycles. The number of aromatic nitrogens is 1. The van der Waals surface area contributed by atoms with Gasteiger partial charge in [0, 0.05) is 33.4 Å². The Kier molecular flexibility index (Phi) is 8.47. The second kappa shape index (κ2) is 14.8. The van der Waals surface area contributed by atoms with Crippen LogP contribution < -0.4 is 5.32 Å². The molecule has 0 amide bonds. The quantitative estimate of drug-likeness (QED) is 0.169. The molecule has 65 heavy (non-hydrogen) atoms. The number of nitrogens with zero attached hydrogens (tertiary/aromatic N) is 1. The van der Waals surface area contributed by atoms with Crippen molar-refractivity contribution >= 4 is 54.7 Å². The molecule has 0 spiro atoms. The maximum atomic E-state index is 3.75. The van der Waals surface area contributed by atoms with Gasteiger partial charge in [-0.25, -0.2) is 0 Å². The molecule has 1 aromatic heterocycles. The third kappa shape index (κ3) is 5.88. The molecule has 0 fully saturated rings. The van der Waals surface area contributed by atoms with Crippen LogP contribution in [-0.2, 0) is 5.41 Å². The van der Waals surface area contributed by atoms with Gasteiger partial charge in [-0.15, -0.1) is 0 Å². The third-order valence-corrected chi connectivity index (χ3v) is 13.8. The van der Waals surface area contributed by atoms with E-state index in [0.29, 0.717) is 0 Å². The molecule has 2 heteroatoms. The van der Waals surface area contributed by atoms with Crippen molar-refractivity contribution in [2.75, 3.05) is 5.32 Å². The molecular formula is C63H42N2. The first-order valence-corrected chi connectivity index (χ1v) is 22.5. The Labute approximate surface area is 378 Å². The van der Waals surface area contributed by atoms with Crippen molar-refractivity contribution in [3.63, 3.8) is 0 Å².